The minimum Gasteiger partial charge on any atom is -0.366 e. The number of nitrogens with zero attached hydrogens (tertiary/aromatic N) is 6. The highest BCUT2D eigenvalue weighted by molar-refractivity contribution is 5.50. The van der Waals surface area contributed by atoms with Gasteiger partial charge in [0.2, 0.25) is 0 Å². The summed E-state index contributed by atoms with van der Waals surface area (Å²) in [6, 6.07) is 3.93. The Kier molecular flexibility index (Phi) is 4.03. The first-order valence-electron chi connectivity index (χ1n) is 8.10. The number of aromatic nitrogens is 4. The second-order valence-corrected chi connectivity index (χ2v) is 7.33. The molecule has 3 heterocycles. The summed E-state index contributed by atoms with van der Waals surface area (Å²) in [4.78, 5) is 25.1. The number of rotatable bonds is 3. The van der Waals surface area contributed by atoms with Crippen LogP contribution in [0.15, 0.2) is 29.3 Å². The first kappa shape index (κ1) is 16.4. The minimum absolute atomic E-state index is 0.0712. The monoisotopic (exact) mass is 328 g/mol. The van der Waals surface area contributed by atoms with Gasteiger partial charge in [0.15, 0.2) is 0 Å². The first-order chi connectivity index (χ1) is 11.3. The Morgan fingerprint density at radius 2 is 2.00 bits per heavy atom. The molecule has 0 aromatic carbocycles. The molecule has 3 rings (SSSR count). The molecule has 1 aliphatic rings. The van der Waals surface area contributed by atoms with Gasteiger partial charge in [0.25, 0.3) is 5.56 Å². The van der Waals surface area contributed by atoms with Gasteiger partial charge in [-0.3, -0.25) is 4.79 Å². The Morgan fingerprint density at radius 1 is 1.29 bits per heavy atom. The molecular formula is C17H24N6O. The van der Waals surface area contributed by atoms with E-state index in [1.165, 1.54) is 4.68 Å². The van der Waals surface area contributed by atoms with Crippen LogP contribution >= 0.6 is 0 Å². The van der Waals surface area contributed by atoms with E-state index in [0.29, 0.717) is 6.04 Å². The first-order valence-corrected chi connectivity index (χ1v) is 8.10. The molecule has 0 N–H and O–H groups in total. The highest BCUT2D eigenvalue weighted by Gasteiger charge is 2.32. The summed E-state index contributed by atoms with van der Waals surface area (Å²) in [7, 11) is 3.71. The molecule has 7 nitrogen and oxygen atoms in total. The lowest BCUT2D eigenvalue weighted by Crippen LogP contribution is -2.59. The molecule has 0 amide bonds. The van der Waals surface area contributed by atoms with E-state index in [4.69, 9.17) is 4.98 Å². The van der Waals surface area contributed by atoms with Crippen molar-refractivity contribution >= 4 is 11.5 Å². The number of hydrogen-bond donors (Lipinski definition) is 0. The van der Waals surface area contributed by atoms with Gasteiger partial charge in [-0.15, -0.1) is 0 Å². The third-order valence-corrected chi connectivity index (χ3v) is 4.40. The number of hydrogen-bond acceptors (Lipinski definition) is 6. The van der Waals surface area contributed by atoms with Gasteiger partial charge in [0, 0.05) is 44.9 Å². The van der Waals surface area contributed by atoms with Gasteiger partial charge < -0.3 is 9.80 Å². The lowest BCUT2D eigenvalue weighted by molar-refractivity contribution is 0.487. The van der Waals surface area contributed by atoms with E-state index in [-0.39, 0.29) is 11.0 Å². The second-order valence-electron chi connectivity index (χ2n) is 7.33. The quantitative estimate of drug-likeness (QED) is 0.843. The van der Waals surface area contributed by atoms with Gasteiger partial charge in [0.1, 0.15) is 11.6 Å². The molecule has 0 spiro atoms. The van der Waals surface area contributed by atoms with Gasteiger partial charge in [-0.05, 0) is 6.07 Å². The highest BCUT2D eigenvalue weighted by atomic mass is 16.1. The molecule has 0 aliphatic carbocycles. The van der Waals surface area contributed by atoms with Crippen LogP contribution in [0.25, 0.3) is 0 Å². The predicted molar refractivity (Wildman–Crippen MR) is 94.6 cm³/mol. The zero-order valence-corrected chi connectivity index (χ0v) is 14.9. The molecule has 24 heavy (non-hydrogen) atoms. The van der Waals surface area contributed by atoms with Crippen LogP contribution in [0.5, 0.6) is 0 Å². The van der Waals surface area contributed by atoms with Crippen molar-refractivity contribution in [1.29, 1.82) is 0 Å². The molecule has 0 unspecified atom stereocenters. The molecule has 0 atom stereocenters. The van der Waals surface area contributed by atoms with Crippen LogP contribution in [0.1, 0.15) is 26.6 Å². The molecular weight excluding hydrogens is 304 g/mol. The summed E-state index contributed by atoms with van der Waals surface area (Å²) in [5, 5.41) is 4.08. The Bertz CT molecular complexity index is 788. The van der Waals surface area contributed by atoms with Gasteiger partial charge in [-0.1, -0.05) is 20.8 Å². The van der Waals surface area contributed by atoms with Crippen molar-refractivity contribution in [3.05, 3.63) is 40.7 Å². The molecule has 1 aliphatic heterocycles. The average Bonchev–Trinajstić information content (AvgIpc) is 2.48. The smallest absolute Gasteiger partial charge is 0.268 e. The molecule has 1 fully saturated rings. The topological polar surface area (TPSA) is 67.2 Å². The Balaban J connectivity index is 1.69. The highest BCUT2D eigenvalue weighted by Crippen LogP contribution is 2.25. The van der Waals surface area contributed by atoms with Crippen LogP contribution in [0, 0.1) is 0 Å². The third kappa shape index (κ3) is 3.11. The Hall–Kier alpha value is -2.44. The summed E-state index contributed by atoms with van der Waals surface area (Å²) >= 11 is 0. The van der Waals surface area contributed by atoms with Gasteiger partial charge in [-0.2, -0.15) is 5.10 Å². The summed E-state index contributed by atoms with van der Waals surface area (Å²) in [6.45, 7) is 8.03. The largest absolute Gasteiger partial charge is 0.366 e. The van der Waals surface area contributed by atoms with Crippen molar-refractivity contribution in [3.63, 3.8) is 0 Å². The molecule has 0 bridgehead atoms. The lowest BCUT2D eigenvalue weighted by atomic mass is 9.96. The average molecular weight is 328 g/mol. The maximum absolute atomic E-state index is 11.7. The summed E-state index contributed by atoms with van der Waals surface area (Å²) < 4.78 is 1.34. The van der Waals surface area contributed by atoms with Crippen molar-refractivity contribution < 1.29 is 0 Å². The second kappa shape index (κ2) is 5.89. The third-order valence-electron chi connectivity index (χ3n) is 4.40. The fourth-order valence-corrected chi connectivity index (χ4v) is 2.64. The Labute approximate surface area is 142 Å². The fourth-order valence-electron chi connectivity index (χ4n) is 2.64. The number of anilines is 2. The van der Waals surface area contributed by atoms with E-state index in [9.17, 15) is 4.79 Å². The predicted octanol–water partition coefficient (Wildman–Crippen LogP) is 1.19. The molecule has 0 saturated carbocycles. The van der Waals surface area contributed by atoms with Gasteiger partial charge in [-0.25, -0.2) is 14.6 Å². The maximum atomic E-state index is 11.7. The minimum atomic E-state index is -0.0880. The van der Waals surface area contributed by atoms with Crippen molar-refractivity contribution in [1.82, 2.24) is 19.7 Å². The van der Waals surface area contributed by atoms with E-state index >= 15 is 0 Å². The Morgan fingerprint density at radius 3 is 2.62 bits per heavy atom. The van der Waals surface area contributed by atoms with Gasteiger partial charge in [0.05, 0.1) is 17.9 Å². The van der Waals surface area contributed by atoms with Gasteiger partial charge >= 0.3 is 0 Å². The van der Waals surface area contributed by atoms with E-state index < -0.39 is 0 Å². The zero-order valence-electron chi connectivity index (χ0n) is 14.9. The van der Waals surface area contributed by atoms with Crippen LogP contribution in [0.2, 0.25) is 0 Å². The summed E-state index contributed by atoms with van der Waals surface area (Å²) in [5.41, 5.74) is 0.717. The lowest BCUT2D eigenvalue weighted by Gasteiger charge is -2.45. The van der Waals surface area contributed by atoms with E-state index in [0.717, 1.165) is 30.4 Å². The molecule has 0 radical (unpaired) electrons. The number of aryl methyl sites for hydroxylation is 1. The molecule has 7 heteroatoms. The summed E-state index contributed by atoms with van der Waals surface area (Å²) in [6.07, 6.45) is 3.56. The maximum Gasteiger partial charge on any atom is 0.268 e. The molecule has 2 aromatic heterocycles. The van der Waals surface area contributed by atoms with E-state index in [2.05, 4.69) is 47.7 Å². The van der Waals surface area contributed by atoms with Crippen LogP contribution < -0.4 is 15.4 Å². The van der Waals surface area contributed by atoms with E-state index in [1.807, 2.05) is 12.3 Å². The SMILES string of the molecule is CN(c1ccnc(C(C)(C)C)n1)C1CN(c2cnn(C)c(=O)c2)C1. The molecule has 128 valence electrons. The fraction of sp³-hybridized carbons (Fsp3) is 0.529. The zero-order chi connectivity index (χ0) is 17.5. The van der Waals surface area contributed by atoms with Crippen molar-refractivity contribution in [3.8, 4) is 0 Å². The van der Waals surface area contributed by atoms with E-state index in [1.54, 1.807) is 19.3 Å². The summed E-state index contributed by atoms with van der Waals surface area (Å²) in [5.74, 6) is 1.78. The van der Waals surface area contributed by atoms with Crippen LogP contribution in [0.3, 0.4) is 0 Å². The molecule has 2 aromatic rings. The van der Waals surface area contributed by atoms with Crippen LogP contribution in [-0.4, -0.2) is 45.9 Å². The van der Waals surface area contributed by atoms with Crippen molar-refractivity contribution in [2.75, 3.05) is 29.9 Å². The molecule has 1 saturated heterocycles. The standard InChI is InChI=1S/C17H24N6O/c1-17(2,3)16-18-7-6-14(20-16)21(4)13-10-23(11-13)12-8-15(24)22(5)19-9-12/h6-9,13H,10-11H2,1-5H3. The van der Waals surface area contributed by atoms with Crippen LogP contribution in [-0.2, 0) is 12.5 Å². The normalized spacial score (nSPS) is 15.3. The number of likely N-dealkylation sites (N-methyl/N-ethyl adjacent to an activating group) is 1. The van der Waals surface area contributed by atoms with Crippen molar-refractivity contribution in [2.45, 2.75) is 32.2 Å². The van der Waals surface area contributed by atoms with Crippen molar-refractivity contribution in [2.24, 2.45) is 7.05 Å². The van der Waals surface area contributed by atoms with Crippen LogP contribution in [0.4, 0.5) is 11.5 Å².